The highest BCUT2D eigenvalue weighted by Gasteiger charge is 2.26. The topological polar surface area (TPSA) is 66.4 Å². The summed E-state index contributed by atoms with van der Waals surface area (Å²) >= 11 is 0. The number of hydrogen-bond acceptors (Lipinski definition) is 3. The maximum atomic E-state index is 12.4. The molecule has 0 radical (unpaired) electrons. The minimum absolute atomic E-state index is 0.0368. The smallest absolute Gasteiger partial charge is 0.240 e. The fourth-order valence-electron chi connectivity index (χ4n) is 2.73. The van der Waals surface area contributed by atoms with Crippen LogP contribution in [0.2, 0.25) is 0 Å². The van der Waals surface area contributed by atoms with Gasteiger partial charge in [-0.3, -0.25) is 0 Å². The van der Waals surface area contributed by atoms with Gasteiger partial charge in [0, 0.05) is 6.04 Å². The Bertz CT molecular complexity index is 556. The number of aliphatic hydroxyl groups excluding tert-OH is 1. The summed E-state index contributed by atoms with van der Waals surface area (Å²) in [5.74, 6) is 0.580. The lowest BCUT2D eigenvalue weighted by atomic mass is 10.1. The van der Waals surface area contributed by atoms with Crippen molar-refractivity contribution in [2.75, 3.05) is 0 Å². The molecule has 0 aromatic heterocycles. The molecule has 0 spiro atoms. The number of nitrogens with one attached hydrogen (secondary N) is 1. The van der Waals surface area contributed by atoms with Gasteiger partial charge in [0.1, 0.15) is 0 Å². The Morgan fingerprint density at radius 2 is 2.15 bits per heavy atom. The quantitative estimate of drug-likeness (QED) is 0.878. The molecule has 3 unspecified atom stereocenters. The largest absolute Gasteiger partial charge is 0.388 e. The zero-order valence-corrected chi connectivity index (χ0v) is 12.9. The van der Waals surface area contributed by atoms with Gasteiger partial charge in [0.05, 0.1) is 11.0 Å². The van der Waals surface area contributed by atoms with E-state index in [-0.39, 0.29) is 10.9 Å². The molecule has 3 atom stereocenters. The number of hydrogen-bond donors (Lipinski definition) is 2. The average Bonchev–Trinajstić information content (AvgIpc) is 2.82. The van der Waals surface area contributed by atoms with E-state index in [2.05, 4.69) is 11.6 Å². The predicted molar refractivity (Wildman–Crippen MR) is 78.8 cm³/mol. The van der Waals surface area contributed by atoms with E-state index in [4.69, 9.17) is 0 Å². The van der Waals surface area contributed by atoms with Crippen molar-refractivity contribution in [2.45, 2.75) is 56.6 Å². The monoisotopic (exact) mass is 297 g/mol. The minimum Gasteiger partial charge on any atom is -0.388 e. The zero-order chi connectivity index (χ0) is 14.8. The van der Waals surface area contributed by atoms with E-state index in [1.54, 1.807) is 24.3 Å². The van der Waals surface area contributed by atoms with Gasteiger partial charge in [-0.2, -0.15) is 0 Å². The molecule has 2 N–H and O–H groups in total. The van der Waals surface area contributed by atoms with Crippen molar-refractivity contribution < 1.29 is 13.5 Å². The third kappa shape index (κ3) is 3.59. The van der Waals surface area contributed by atoms with Crippen LogP contribution in [-0.2, 0) is 10.0 Å². The van der Waals surface area contributed by atoms with Gasteiger partial charge < -0.3 is 5.11 Å². The molecule has 1 saturated carbocycles. The maximum absolute atomic E-state index is 12.4. The Labute approximate surface area is 121 Å². The molecular weight excluding hydrogens is 274 g/mol. The minimum atomic E-state index is -3.49. The van der Waals surface area contributed by atoms with Gasteiger partial charge in [0.2, 0.25) is 10.0 Å². The first-order valence-electron chi connectivity index (χ1n) is 7.22. The fraction of sp³-hybridized carbons (Fsp3) is 0.600. The van der Waals surface area contributed by atoms with Gasteiger partial charge in [0.15, 0.2) is 0 Å². The van der Waals surface area contributed by atoms with E-state index in [1.165, 1.54) is 0 Å². The van der Waals surface area contributed by atoms with Gasteiger partial charge in [-0.1, -0.05) is 26.0 Å². The van der Waals surface area contributed by atoms with Gasteiger partial charge >= 0.3 is 0 Å². The third-order valence-electron chi connectivity index (χ3n) is 3.96. The van der Waals surface area contributed by atoms with Gasteiger partial charge in [0.25, 0.3) is 0 Å². The summed E-state index contributed by atoms with van der Waals surface area (Å²) in [6, 6.07) is 6.61. The van der Waals surface area contributed by atoms with Crippen molar-refractivity contribution in [3.63, 3.8) is 0 Å². The van der Waals surface area contributed by atoms with Crippen LogP contribution in [0.5, 0.6) is 0 Å². The lowest BCUT2D eigenvalue weighted by Gasteiger charge is -2.14. The molecule has 1 aromatic rings. The highest BCUT2D eigenvalue weighted by molar-refractivity contribution is 7.89. The molecule has 20 heavy (non-hydrogen) atoms. The Balaban J connectivity index is 2.17. The second-order valence-electron chi connectivity index (χ2n) is 5.73. The molecule has 5 heteroatoms. The normalized spacial score (nSPS) is 24.8. The molecular formula is C15H23NO3S. The lowest BCUT2D eigenvalue weighted by molar-refractivity contribution is 0.173. The van der Waals surface area contributed by atoms with Crippen LogP contribution in [0, 0.1) is 5.92 Å². The molecule has 0 heterocycles. The van der Waals surface area contributed by atoms with Crippen LogP contribution in [0.25, 0.3) is 0 Å². The van der Waals surface area contributed by atoms with E-state index in [0.29, 0.717) is 17.9 Å². The van der Waals surface area contributed by atoms with Crippen LogP contribution in [-0.4, -0.2) is 19.6 Å². The van der Waals surface area contributed by atoms with Crippen LogP contribution in [0.4, 0.5) is 0 Å². The van der Waals surface area contributed by atoms with Crippen molar-refractivity contribution in [1.82, 2.24) is 4.72 Å². The summed E-state index contributed by atoms with van der Waals surface area (Å²) in [7, 11) is -3.49. The van der Waals surface area contributed by atoms with Gasteiger partial charge in [-0.15, -0.1) is 0 Å². The molecule has 0 aliphatic heterocycles. The summed E-state index contributed by atoms with van der Waals surface area (Å²) in [6.07, 6.45) is 2.82. The van der Waals surface area contributed by atoms with E-state index in [1.807, 2.05) is 6.92 Å². The van der Waals surface area contributed by atoms with Crippen molar-refractivity contribution in [2.24, 2.45) is 5.92 Å². The predicted octanol–water partition coefficient (Wildman–Crippen LogP) is 2.60. The van der Waals surface area contributed by atoms with Crippen molar-refractivity contribution in [1.29, 1.82) is 0 Å². The first-order chi connectivity index (χ1) is 9.42. The van der Waals surface area contributed by atoms with Gasteiger partial charge in [-0.25, -0.2) is 13.1 Å². The van der Waals surface area contributed by atoms with Crippen molar-refractivity contribution >= 4 is 10.0 Å². The second-order valence-corrected chi connectivity index (χ2v) is 7.45. The lowest BCUT2D eigenvalue weighted by Crippen LogP contribution is -2.33. The first-order valence-corrected chi connectivity index (χ1v) is 8.71. The van der Waals surface area contributed by atoms with Crippen LogP contribution in [0.15, 0.2) is 29.2 Å². The Morgan fingerprint density at radius 3 is 2.75 bits per heavy atom. The highest BCUT2D eigenvalue weighted by atomic mass is 32.2. The molecule has 0 bridgehead atoms. The summed E-state index contributed by atoms with van der Waals surface area (Å²) < 4.78 is 27.5. The average molecular weight is 297 g/mol. The van der Waals surface area contributed by atoms with E-state index >= 15 is 0 Å². The molecule has 2 rings (SSSR count). The number of aliphatic hydroxyl groups is 1. The molecule has 1 aromatic carbocycles. The molecule has 112 valence electrons. The van der Waals surface area contributed by atoms with Crippen LogP contribution in [0.3, 0.4) is 0 Å². The molecule has 0 saturated heterocycles. The third-order valence-corrected chi connectivity index (χ3v) is 5.47. The number of rotatable bonds is 5. The summed E-state index contributed by atoms with van der Waals surface area (Å²) in [4.78, 5) is 0.238. The first kappa shape index (κ1) is 15.5. The molecule has 1 fully saturated rings. The Morgan fingerprint density at radius 1 is 1.40 bits per heavy atom. The second kappa shape index (κ2) is 6.24. The van der Waals surface area contributed by atoms with Crippen LogP contribution >= 0.6 is 0 Å². The highest BCUT2D eigenvalue weighted by Crippen LogP contribution is 2.26. The van der Waals surface area contributed by atoms with Crippen LogP contribution < -0.4 is 4.72 Å². The SMILES string of the molecule is CCC(O)c1cccc(S(=O)(=O)NC2CCC(C)C2)c1. The van der Waals surface area contributed by atoms with Crippen molar-refractivity contribution in [3.8, 4) is 0 Å². The number of benzene rings is 1. The molecule has 1 aliphatic carbocycles. The van der Waals surface area contributed by atoms with Crippen LogP contribution in [0.1, 0.15) is 51.2 Å². The fourth-order valence-corrected chi connectivity index (χ4v) is 4.06. The van der Waals surface area contributed by atoms with E-state index < -0.39 is 16.1 Å². The van der Waals surface area contributed by atoms with Crippen molar-refractivity contribution in [3.05, 3.63) is 29.8 Å². The van der Waals surface area contributed by atoms with E-state index in [0.717, 1.165) is 19.3 Å². The summed E-state index contributed by atoms with van der Waals surface area (Å²) in [6.45, 7) is 4.01. The molecule has 4 nitrogen and oxygen atoms in total. The zero-order valence-electron chi connectivity index (χ0n) is 12.0. The van der Waals surface area contributed by atoms with Gasteiger partial charge in [-0.05, 0) is 49.3 Å². The summed E-state index contributed by atoms with van der Waals surface area (Å²) in [5, 5.41) is 9.82. The van der Waals surface area contributed by atoms with E-state index in [9.17, 15) is 13.5 Å². The molecule has 0 amide bonds. The maximum Gasteiger partial charge on any atom is 0.240 e. The standard InChI is InChI=1S/C15H23NO3S/c1-3-15(17)12-5-4-6-14(10-12)20(18,19)16-13-8-7-11(2)9-13/h4-6,10-11,13,15-17H,3,7-9H2,1-2H3. The Hall–Kier alpha value is -0.910. The summed E-state index contributed by atoms with van der Waals surface area (Å²) in [5.41, 5.74) is 0.648. The number of sulfonamides is 1. The Kier molecular flexibility index (Phi) is 4.83. The molecule has 1 aliphatic rings.